The normalized spacial score (nSPS) is 10.3. The summed E-state index contributed by atoms with van der Waals surface area (Å²) in [6, 6.07) is 6.34. The molecule has 18 heavy (non-hydrogen) atoms. The second-order valence-corrected chi connectivity index (χ2v) is 3.74. The molecule has 0 amide bonds. The van der Waals surface area contributed by atoms with E-state index in [1.54, 1.807) is 22.9 Å². The van der Waals surface area contributed by atoms with Crippen LogP contribution in [0.4, 0.5) is 0 Å². The lowest BCUT2D eigenvalue weighted by Gasteiger charge is -2.03. The maximum Gasteiger partial charge on any atom is 0.168 e. The fraction of sp³-hybridized carbons (Fsp3) is 0.154. The second-order valence-electron chi connectivity index (χ2n) is 3.74. The third kappa shape index (κ3) is 1.90. The highest BCUT2D eigenvalue weighted by Crippen LogP contribution is 2.28. The zero-order chi connectivity index (χ0) is 13.1. The van der Waals surface area contributed by atoms with E-state index in [0.29, 0.717) is 36.1 Å². The predicted molar refractivity (Wildman–Crippen MR) is 65.8 cm³/mol. The van der Waals surface area contributed by atoms with Crippen molar-refractivity contribution in [1.29, 1.82) is 0 Å². The number of phenolic OH excluding ortho intramolecular Hbond substituents is 1. The van der Waals surface area contributed by atoms with Gasteiger partial charge < -0.3 is 5.11 Å². The van der Waals surface area contributed by atoms with Crippen LogP contribution in [0.2, 0.25) is 0 Å². The van der Waals surface area contributed by atoms with Gasteiger partial charge in [0.25, 0.3) is 0 Å². The Bertz CT molecular complexity index is 602. The predicted octanol–water partition coefficient (Wildman–Crippen LogP) is 1.90. The number of aromatic nitrogens is 2. The van der Waals surface area contributed by atoms with E-state index < -0.39 is 0 Å². The van der Waals surface area contributed by atoms with Crippen LogP contribution in [-0.4, -0.2) is 27.5 Å². The zero-order valence-corrected chi connectivity index (χ0v) is 9.83. The molecule has 0 saturated carbocycles. The average molecular weight is 244 g/mol. The average Bonchev–Trinajstić information content (AvgIpc) is 2.81. The molecule has 0 fully saturated rings. The van der Waals surface area contributed by atoms with Crippen molar-refractivity contribution < 1.29 is 14.7 Å². The van der Waals surface area contributed by atoms with Gasteiger partial charge in [0.2, 0.25) is 0 Å². The molecule has 0 aliphatic rings. The summed E-state index contributed by atoms with van der Waals surface area (Å²) in [6.45, 7) is 2.43. The van der Waals surface area contributed by atoms with Gasteiger partial charge in [-0.1, -0.05) is 12.1 Å². The molecule has 2 rings (SSSR count). The zero-order valence-electron chi connectivity index (χ0n) is 9.83. The van der Waals surface area contributed by atoms with Gasteiger partial charge in [-0.05, 0) is 19.1 Å². The molecule has 0 radical (unpaired) electrons. The van der Waals surface area contributed by atoms with Gasteiger partial charge in [-0.25, -0.2) is 0 Å². The van der Waals surface area contributed by atoms with E-state index in [1.807, 2.05) is 6.92 Å². The summed E-state index contributed by atoms with van der Waals surface area (Å²) in [5.74, 6) is -0.0961. The Balaban J connectivity index is 2.62. The number of carbonyl (C=O) groups is 2. The maximum atomic E-state index is 11.0. The molecule has 1 aromatic carbocycles. The van der Waals surface area contributed by atoms with Crippen LogP contribution in [0.1, 0.15) is 27.8 Å². The second kappa shape index (κ2) is 4.83. The van der Waals surface area contributed by atoms with Crippen molar-refractivity contribution in [3.8, 4) is 17.0 Å². The Labute approximate surface area is 104 Å². The van der Waals surface area contributed by atoms with E-state index in [2.05, 4.69) is 5.10 Å². The van der Waals surface area contributed by atoms with E-state index in [-0.39, 0.29) is 11.3 Å². The Morgan fingerprint density at radius 3 is 2.67 bits per heavy atom. The molecule has 0 aliphatic heterocycles. The van der Waals surface area contributed by atoms with Crippen molar-refractivity contribution in [2.75, 3.05) is 0 Å². The van der Waals surface area contributed by atoms with Crippen LogP contribution < -0.4 is 0 Å². The first-order valence-electron chi connectivity index (χ1n) is 5.51. The standard InChI is InChI=1S/C13H12N2O3/c1-2-15-9(7-16)6-12(14-15)10-4-3-5-13(18)11(10)8-17/h3-8,18H,2H2,1H3. The molecule has 0 spiro atoms. The van der Waals surface area contributed by atoms with Gasteiger partial charge in [0, 0.05) is 12.1 Å². The van der Waals surface area contributed by atoms with Crippen molar-refractivity contribution >= 4 is 12.6 Å². The van der Waals surface area contributed by atoms with Gasteiger partial charge in [0.1, 0.15) is 11.4 Å². The van der Waals surface area contributed by atoms with Crippen LogP contribution in [0, 0.1) is 0 Å². The molecule has 5 heteroatoms. The van der Waals surface area contributed by atoms with Gasteiger partial charge in [0.15, 0.2) is 12.6 Å². The monoisotopic (exact) mass is 244 g/mol. The summed E-state index contributed by atoms with van der Waals surface area (Å²) < 4.78 is 1.54. The fourth-order valence-corrected chi connectivity index (χ4v) is 1.81. The Morgan fingerprint density at radius 2 is 2.11 bits per heavy atom. The quantitative estimate of drug-likeness (QED) is 0.834. The van der Waals surface area contributed by atoms with E-state index in [1.165, 1.54) is 6.07 Å². The van der Waals surface area contributed by atoms with Crippen molar-refractivity contribution in [2.24, 2.45) is 0 Å². The van der Waals surface area contributed by atoms with Crippen molar-refractivity contribution in [3.05, 3.63) is 35.5 Å². The first-order valence-corrected chi connectivity index (χ1v) is 5.51. The lowest BCUT2D eigenvalue weighted by molar-refractivity contribution is 0.110. The van der Waals surface area contributed by atoms with Crippen LogP contribution in [0.5, 0.6) is 5.75 Å². The first-order chi connectivity index (χ1) is 8.71. The number of aldehydes is 2. The van der Waals surface area contributed by atoms with Crippen LogP contribution in [0.25, 0.3) is 11.3 Å². The summed E-state index contributed by atoms with van der Waals surface area (Å²) in [5.41, 5.74) is 1.63. The van der Waals surface area contributed by atoms with Crippen LogP contribution >= 0.6 is 0 Å². The van der Waals surface area contributed by atoms with Crippen molar-refractivity contribution in [3.63, 3.8) is 0 Å². The van der Waals surface area contributed by atoms with Gasteiger partial charge in [-0.3, -0.25) is 14.3 Å². The third-order valence-electron chi connectivity index (χ3n) is 2.71. The number of nitrogens with zero attached hydrogens (tertiary/aromatic N) is 2. The minimum absolute atomic E-state index is 0.0961. The molecule has 0 bridgehead atoms. The fourth-order valence-electron chi connectivity index (χ4n) is 1.81. The summed E-state index contributed by atoms with van der Waals surface area (Å²) in [7, 11) is 0. The smallest absolute Gasteiger partial charge is 0.168 e. The minimum Gasteiger partial charge on any atom is -0.507 e. The number of hydrogen-bond acceptors (Lipinski definition) is 4. The van der Waals surface area contributed by atoms with Crippen LogP contribution in [0.3, 0.4) is 0 Å². The van der Waals surface area contributed by atoms with Gasteiger partial charge in [0.05, 0.1) is 11.3 Å². The molecule has 92 valence electrons. The number of aryl methyl sites for hydroxylation is 1. The Hall–Kier alpha value is -2.43. The molecule has 1 aromatic heterocycles. The topological polar surface area (TPSA) is 72.2 Å². The summed E-state index contributed by atoms with van der Waals surface area (Å²) in [4.78, 5) is 21.9. The number of carbonyl (C=O) groups excluding carboxylic acids is 2. The lowest BCUT2D eigenvalue weighted by Crippen LogP contribution is -2.01. The highest BCUT2D eigenvalue weighted by Gasteiger charge is 2.13. The molecule has 0 atom stereocenters. The van der Waals surface area contributed by atoms with E-state index in [4.69, 9.17) is 0 Å². The highest BCUT2D eigenvalue weighted by atomic mass is 16.3. The van der Waals surface area contributed by atoms with Crippen molar-refractivity contribution in [1.82, 2.24) is 9.78 Å². The minimum atomic E-state index is -0.0961. The SMILES string of the molecule is CCn1nc(-c2cccc(O)c2C=O)cc1C=O. The largest absolute Gasteiger partial charge is 0.507 e. The summed E-state index contributed by atoms with van der Waals surface area (Å²) in [5, 5.41) is 13.8. The highest BCUT2D eigenvalue weighted by molar-refractivity contribution is 5.90. The number of hydrogen-bond donors (Lipinski definition) is 1. The molecular weight excluding hydrogens is 232 g/mol. The molecular formula is C13H12N2O3. The van der Waals surface area contributed by atoms with Crippen LogP contribution in [-0.2, 0) is 6.54 Å². The lowest BCUT2D eigenvalue weighted by atomic mass is 10.0. The van der Waals surface area contributed by atoms with E-state index in [9.17, 15) is 14.7 Å². The van der Waals surface area contributed by atoms with E-state index >= 15 is 0 Å². The van der Waals surface area contributed by atoms with Crippen LogP contribution in [0.15, 0.2) is 24.3 Å². The molecule has 5 nitrogen and oxygen atoms in total. The van der Waals surface area contributed by atoms with Gasteiger partial charge >= 0.3 is 0 Å². The molecule has 0 aliphatic carbocycles. The maximum absolute atomic E-state index is 11.0. The molecule has 1 heterocycles. The molecule has 1 N–H and O–H groups in total. The molecule has 0 saturated heterocycles. The number of benzene rings is 1. The number of rotatable bonds is 4. The Kier molecular flexibility index (Phi) is 3.23. The third-order valence-corrected chi connectivity index (χ3v) is 2.71. The molecule has 2 aromatic rings. The summed E-state index contributed by atoms with van der Waals surface area (Å²) in [6.07, 6.45) is 1.29. The Morgan fingerprint density at radius 1 is 1.33 bits per heavy atom. The first kappa shape index (κ1) is 12.0. The number of phenols is 1. The van der Waals surface area contributed by atoms with E-state index in [0.717, 1.165) is 0 Å². The summed E-state index contributed by atoms with van der Waals surface area (Å²) >= 11 is 0. The molecule has 0 unspecified atom stereocenters. The van der Waals surface area contributed by atoms with Gasteiger partial charge in [-0.15, -0.1) is 0 Å². The van der Waals surface area contributed by atoms with Gasteiger partial charge in [-0.2, -0.15) is 5.10 Å². The van der Waals surface area contributed by atoms with Crippen molar-refractivity contribution in [2.45, 2.75) is 13.5 Å². The number of aromatic hydroxyl groups is 1.